The highest BCUT2D eigenvalue weighted by Gasteiger charge is 2.26. The van der Waals surface area contributed by atoms with Crippen LogP contribution in [0.25, 0.3) is 0 Å². The van der Waals surface area contributed by atoms with Crippen LogP contribution in [-0.2, 0) is 20.8 Å². The second-order valence-corrected chi connectivity index (χ2v) is 6.11. The van der Waals surface area contributed by atoms with Gasteiger partial charge in [-0.1, -0.05) is 44.2 Å². The molecule has 0 bridgehead atoms. The first kappa shape index (κ1) is 19.6. The normalized spacial score (nSPS) is 13.2. The summed E-state index contributed by atoms with van der Waals surface area (Å²) in [5, 5.41) is 5.21. The highest BCUT2D eigenvalue weighted by Crippen LogP contribution is 2.07. The Hall–Kier alpha value is -2.41. The van der Waals surface area contributed by atoms with Gasteiger partial charge in [0.15, 0.2) is 0 Å². The molecule has 7 heteroatoms. The van der Waals surface area contributed by atoms with Crippen LogP contribution >= 0.6 is 0 Å². The van der Waals surface area contributed by atoms with E-state index in [0.29, 0.717) is 12.8 Å². The molecule has 1 rings (SSSR count). The van der Waals surface area contributed by atoms with Gasteiger partial charge in [0, 0.05) is 6.42 Å². The van der Waals surface area contributed by atoms with Crippen molar-refractivity contribution in [1.82, 2.24) is 10.6 Å². The van der Waals surface area contributed by atoms with Crippen LogP contribution in [0.15, 0.2) is 30.3 Å². The summed E-state index contributed by atoms with van der Waals surface area (Å²) in [4.78, 5) is 35.7. The average molecular weight is 334 g/mol. The van der Waals surface area contributed by atoms with E-state index >= 15 is 0 Å². The van der Waals surface area contributed by atoms with Gasteiger partial charge in [0.1, 0.15) is 12.1 Å². The van der Waals surface area contributed by atoms with Gasteiger partial charge < -0.3 is 22.1 Å². The zero-order chi connectivity index (χ0) is 18.1. The van der Waals surface area contributed by atoms with Gasteiger partial charge in [-0.15, -0.1) is 0 Å². The zero-order valence-electron chi connectivity index (χ0n) is 14.1. The number of nitrogens with two attached hydrogens (primary N) is 2. The van der Waals surface area contributed by atoms with Crippen molar-refractivity contribution in [2.24, 2.45) is 17.4 Å². The highest BCUT2D eigenvalue weighted by atomic mass is 16.2. The molecule has 7 nitrogen and oxygen atoms in total. The van der Waals surface area contributed by atoms with Crippen LogP contribution in [0, 0.1) is 5.92 Å². The molecule has 132 valence electrons. The Balaban J connectivity index is 2.85. The summed E-state index contributed by atoms with van der Waals surface area (Å²) in [5.74, 6) is -1.30. The van der Waals surface area contributed by atoms with Crippen molar-refractivity contribution in [2.45, 2.75) is 38.8 Å². The Morgan fingerprint density at radius 3 is 2.17 bits per heavy atom. The Morgan fingerprint density at radius 2 is 1.67 bits per heavy atom. The molecule has 0 aliphatic carbocycles. The van der Waals surface area contributed by atoms with Crippen molar-refractivity contribution >= 4 is 17.7 Å². The molecule has 0 saturated carbocycles. The predicted molar refractivity (Wildman–Crippen MR) is 91.7 cm³/mol. The topological polar surface area (TPSA) is 127 Å². The fourth-order valence-corrected chi connectivity index (χ4v) is 2.30. The fraction of sp³-hybridized carbons (Fsp3) is 0.471. The minimum Gasteiger partial charge on any atom is -0.368 e. The molecular weight excluding hydrogens is 308 g/mol. The SMILES string of the molecule is CC(C)C[C@H](NC(=O)[C@H](Cc1ccccc1)NC(=O)CN)C(N)=O. The van der Waals surface area contributed by atoms with Crippen LogP contribution in [0.5, 0.6) is 0 Å². The van der Waals surface area contributed by atoms with Crippen LogP contribution < -0.4 is 22.1 Å². The molecule has 0 saturated heterocycles. The van der Waals surface area contributed by atoms with Gasteiger partial charge in [-0.25, -0.2) is 0 Å². The smallest absolute Gasteiger partial charge is 0.243 e. The molecule has 0 spiro atoms. The maximum absolute atomic E-state index is 12.5. The molecule has 0 aliphatic heterocycles. The quantitative estimate of drug-likeness (QED) is 0.494. The minimum atomic E-state index is -0.822. The summed E-state index contributed by atoms with van der Waals surface area (Å²) in [6.07, 6.45) is 0.732. The summed E-state index contributed by atoms with van der Waals surface area (Å²) in [7, 11) is 0. The lowest BCUT2D eigenvalue weighted by Gasteiger charge is -2.23. The van der Waals surface area contributed by atoms with Gasteiger partial charge in [-0.05, 0) is 17.9 Å². The third kappa shape index (κ3) is 6.78. The standard InChI is InChI=1S/C17H26N4O3/c1-11(2)8-13(16(19)23)21-17(24)14(20-15(22)10-18)9-12-6-4-3-5-7-12/h3-7,11,13-14H,8-10,18H2,1-2H3,(H2,19,23)(H,20,22)(H,21,24)/t13-,14-/m0/s1. The van der Waals surface area contributed by atoms with Crippen LogP contribution in [0.4, 0.5) is 0 Å². The summed E-state index contributed by atoms with van der Waals surface area (Å²) < 4.78 is 0. The van der Waals surface area contributed by atoms with E-state index in [0.717, 1.165) is 5.56 Å². The van der Waals surface area contributed by atoms with Crippen molar-refractivity contribution < 1.29 is 14.4 Å². The summed E-state index contributed by atoms with van der Waals surface area (Å²) >= 11 is 0. The van der Waals surface area contributed by atoms with E-state index in [4.69, 9.17) is 11.5 Å². The fourth-order valence-electron chi connectivity index (χ4n) is 2.30. The summed E-state index contributed by atoms with van der Waals surface area (Å²) in [5.41, 5.74) is 11.5. The predicted octanol–water partition coefficient (Wildman–Crippen LogP) is -0.311. The summed E-state index contributed by atoms with van der Waals surface area (Å²) in [6.45, 7) is 3.64. The number of carbonyl (C=O) groups is 3. The van der Waals surface area contributed by atoms with E-state index in [1.165, 1.54) is 0 Å². The number of carbonyl (C=O) groups excluding carboxylic acids is 3. The first-order chi connectivity index (χ1) is 11.3. The molecular formula is C17H26N4O3. The van der Waals surface area contributed by atoms with Gasteiger partial charge in [0.2, 0.25) is 17.7 Å². The Morgan fingerprint density at radius 1 is 1.04 bits per heavy atom. The lowest BCUT2D eigenvalue weighted by atomic mass is 10.0. The second kappa shape index (κ2) is 9.67. The molecule has 1 aromatic rings. The van der Waals surface area contributed by atoms with Gasteiger partial charge in [-0.2, -0.15) is 0 Å². The molecule has 0 fully saturated rings. The van der Waals surface area contributed by atoms with E-state index < -0.39 is 29.8 Å². The lowest BCUT2D eigenvalue weighted by molar-refractivity contribution is -0.131. The van der Waals surface area contributed by atoms with Gasteiger partial charge in [-0.3, -0.25) is 14.4 Å². The molecule has 3 amide bonds. The van der Waals surface area contributed by atoms with Crippen LogP contribution in [-0.4, -0.2) is 36.3 Å². The maximum Gasteiger partial charge on any atom is 0.243 e. The first-order valence-corrected chi connectivity index (χ1v) is 7.96. The second-order valence-electron chi connectivity index (χ2n) is 6.11. The molecule has 0 aliphatic rings. The minimum absolute atomic E-state index is 0.189. The van der Waals surface area contributed by atoms with E-state index in [1.807, 2.05) is 44.2 Å². The Labute approximate surface area is 142 Å². The molecule has 2 atom stereocenters. The average Bonchev–Trinajstić information content (AvgIpc) is 2.53. The Bertz CT molecular complexity index is 560. The molecule has 1 aromatic carbocycles. The molecule has 0 heterocycles. The lowest BCUT2D eigenvalue weighted by Crippen LogP contribution is -2.54. The van der Waals surface area contributed by atoms with E-state index in [-0.39, 0.29) is 12.5 Å². The number of rotatable bonds is 9. The highest BCUT2D eigenvalue weighted by molar-refractivity contribution is 5.92. The first-order valence-electron chi connectivity index (χ1n) is 7.96. The molecule has 0 aromatic heterocycles. The van der Waals surface area contributed by atoms with E-state index in [2.05, 4.69) is 10.6 Å². The van der Waals surface area contributed by atoms with Crippen molar-refractivity contribution in [3.63, 3.8) is 0 Å². The van der Waals surface area contributed by atoms with Crippen LogP contribution in [0.2, 0.25) is 0 Å². The molecule has 6 N–H and O–H groups in total. The van der Waals surface area contributed by atoms with Crippen LogP contribution in [0.3, 0.4) is 0 Å². The van der Waals surface area contributed by atoms with Crippen LogP contribution in [0.1, 0.15) is 25.8 Å². The van der Waals surface area contributed by atoms with Gasteiger partial charge >= 0.3 is 0 Å². The zero-order valence-corrected chi connectivity index (χ0v) is 14.1. The van der Waals surface area contributed by atoms with Gasteiger partial charge in [0.05, 0.1) is 6.54 Å². The number of benzene rings is 1. The number of amides is 3. The van der Waals surface area contributed by atoms with Gasteiger partial charge in [0.25, 0.3) is 0 Å². The molecule has 0 radical (unpaired) electrons. The number of hydrogen-bond donors (Lipinski definition) is 4. The Kier molecular flexibility index (Phi) is 7.91. The van der Waals surface area contributed by atoms with Crippen molar-refractivity contribution in [3.8, 4) is 0 Å². The third-order valence-corrected chi connectivity index (χ3v) is 3.49. The number of nitrogens with one attached hydrogen (secondary N) is 2. The third-order valence-electron chi connectivity index (χ3n) is 3.49. The summed E-state index contributed by atoms with van der Waals surface area (Å²) in [6, 6.07) is 7.68. The largest absolute Gasteiger partial charge is 0.368 e. The number of primary amides is 1. The number of hydrogen-bond acceptors (Lipinski definition) is 4. The van der Waals surface area contributed by atoms with Crippen molar-refractivity contribution in [2.75, 3.05) is 6.54 Å². The van der Waals surface area contributed by atoms with E-state index in [1.54, 1.807) is 0 Å². The monoisotopic (exact) mass is 334 g/mol. The maximum atomic E-state index is 12.5. The van der Waals surface area contributed by atoms with Crippen molar-refractivity contribution in [1.29, 1.82) is 0 Å². The van der Waals surface area contributed by atoms with E-state index in [9.17, 15) is 14.4 Å². The molecule has 0 unspecified atom stereocenters. The molecule has 24 heavy (non-hydrogen) atoms. The van der Waals surface area contributed by atoms with Crippen molar-refractivity contribution in [3.05, 3.63) is 35.9 Å².